The Labute approximate surface area is 164 Å². The number of hydrogen-bond acceptors (Lipinski definition) is 5. The minimum absolute atomic E-state index is 0.0312. The fourth-order valence-corrected chi connectivity index (χ4v) is 3.21. The highest BCUT2D eigenvalue weighted by Gasteiger charge is 2.20. The van der Waals surface area contributed by atoms with Crippen molar-refractivity contribution in [1.82, 2.24) is 5.43 Å². The van der Waals surface area contributed by atoms with E-state index in [9.17, 15) is 9.59 Å². The van der Waals surface area contributed by atoms with Crippen LogP contribution in [0.5, 0.6) is 11.5 Å². The first kappa shape index (κ1) is 19.6. The van der Waals surface area contributed by atoms with Crippen LogP contribution in [0, 0.1) is 5.92 Å². The van der Waals surface area contributed by atoms with Crippen LogP contribution in [-0.2, 0) is 4.79 Å². The van der Waals surface area contributed by atoms with E-state index >= 15 is 0 Å². The van der Waals surface area contributed by atoms with Crippen molar-refractivity contribution in [1.29, 1.82) is 0 Å². The second kappa shape index (κ2) is 9.69. The van der Waals surface area contributed by atoms with Gasteiger partial charge in [0.25, 0.3) is 0 Å². The number of methoxy groups -OCH3 is 1. The number of carbonyl (C=O) groups is 2. The molecule has 1 saturated carbocycles. The molecule has 2 aromatic carbocycles. The molecule has 28 heavy (non-hydrogen) atoms. The highest BCUT2D eigenvalue weighted by Crippen LogP contribution is 2.28. The Kier molecular flexibility index (Phi) is 6.78. The maximum atomic E-state index is 12.2. The Hall–Kier alpha value is -3.15. The molecule has 0 saturated heterocycles. The molecule has 0 atom stereocenters. The van der Waals surface area contributed by atoms with Gasteiger partial charge >= 0.3 is 5.97 Å². The van der Waals surface area contributed by atoms with Crippen molar-refractivity contribution < 1.29 is 19.1 Å². The van der Waals surface area contributed by atoms with Crippen LogP contribution in [0.2, 0.25) is 0 Å². The van der Waals surface area contributed by atoms with Crippen molar-refractivity contribution in [2.75, 3.05) is 7.11 Å². The molecule has 0 unspecified atom stereocenters. The Morgan fingerprint density at radius 2 is 1.79 bits per heavy atom. The first-order valence-corrected chi connectivity index (χ1v) is 9.45. The molecule has 1 aliphatic carbocycles. The summed E-state index contributed by atoms with van der Waals surface area (Å²) in [6.07, 6.45) is 6.80. The van der Waals surface area contributed by atoms with Crippen LogP contribution in [0.15, 0.2) is 53.6 Å². The molecular weight excluding hydrogens is 356 g/mol. The van der Waals surface area contributed by atoms with Crippen molar-refractivity contribution in [2.24, 2.45) is 11.0 Å². The largest absolute Gasteiger partial charge is 0.493 e. The molecule has 0 heterocycles. The van der Waals surface area contributed by atoms with Gasteiger partial charge in [-0.3, -0.25) is 4.79 Å². The summed E-state index contributed by atoms with van der Waals surface area (Å²) in [4.78, 5) is 24.3. The summed E-state index contributed by atoms with van der Waals surface area (Å²) < 4.78 is 10.7. The number of nitrogens with zero attached hydrogens (tertiary/aromatic N) is 1. The number of esters is 1. The maximum Gasteiger partial charge on any atom is 0.343 e. The zero-order valence-electron chi connectivity index (χ0n) is 15.9. The lowest BCUT2D eigenvalue weighted by molar-refractivity contribution is -0.125. The van der Waals surface area contributed by atoms with Crippen molar-refractivity contribution in [3.8, 4) is 11.5 Å². The van der Waals surface area contributed by atoms with Gasteiger partial charge in [-0.05, 0) is 48.7 Å². The van der Waals surface area contributed by atoms with Crippen molar-refractivity contribution >= 4 is 18.1 Å². The van der Waals surface area contributed by atoms with Crippen LogP contribution >= 0.6 is 0 Å². The van der Waals surface area contributed by atoms with Crippen LogP contribution in [0.1, 0.15) is 48.0 Å². The molecule has 2 aromatic rings. The van der Waals surface area contributed by atoms with Crippen LogP contribution in [-0.4, -0.2) is 25.2 Å². The van der Waals surface area contributed by atoms with Gasteiger partial charge in [-0.15, -0.1) is 0 Å². The fraction of sp³-hybridized carbons (Fsp3) is 0.318. The number of rotatable bonds is 6. The Morgan fingerprint density at radius 3 is 2.50 bits per heavy atom. The molecule has 0 aromatic heterocycles. The van der Waals surface area contributed by atoms with E-state index in [0.717, 1.165) is 31.2 Å². The first-order chi connectivity index (χ1) is 13.7. The molecule has 1 N–H and O–H groups in total. The third-order valence-electron chi connectivity index (χ3n) is 4.76. The number of benzene rings is 2. The number of hydrogen-bond donors (Lipinski definition) is 1. The van der Waals surface area contributed by atoms with Crippen LogP contribution in [0.3, 0.4) is 0 Å². The molecule has 0 radical (unpaired) electrons. The monoisotopic (exact) mass is 380 g/mol. The fourth-order valence-electron chi connectivity index (χ4n) is 3.21. The molecular formula is C22H24N2O4. The number of amides is 1. The lowest BCUT2D eigenvalue weighted by Crippen LogP contribution is -2.28. The van der Waals surface area contributed by atoms with Gasteiger partial charge in [0.15, 0.2) is 11.5 Å². The van der Waals surface area contributed by atoms with E-state index in [2.05, 4.69) is 10.5 Å². The Balaban J connectivity index is 1.62. The van der Waals surface area contributed by atoms with Gasteiger partial charge in [-0.2, -0.15) is 5.10 Å². The average Bonchev–Trinajstić information content (AvgIpc) is 2.75. The highest BCUT2D eigenvalue weighted by molar-refractivity contribution is 5.91. The third kappa shape index (κ3) is 5.19. The van der Waals surface area contributed by atoms with Gasteiger partial charge in [0.2, 0.25) is 5.91 Å². The average molecular weight is 380 g/mol. The molecule has 6 heteroatoms. The predicted molar refractivity (Wildman–Crippen MR) is 107 cm³/mol. The minimum atomic E-state index is -0.458. The van der Waals surface area contributed by atoms with E-state index in [1.54, 1.807) is 48.7 Å². The van der Waals surface area contributed by atoms with Gasteiger partial charge in [0.1, 0.15) is 0 Å². The molecule has 146 valence electrons. The predicted octanol–water partition coefficient (Wildman–Crippen LogP) is 3.94. The molecule has 0 spiro atoms. The van der Waals surface area contributed by atoms with E-state index in [1.165, 1.54) is 13.5 Å². The summed E-state index contributed by atoms with van der Waals surface area (Å²) in [6.45, 7) is 0. The summed E-state index contributed by atoms with van der Waals surface area (Å²) in [5.41, 5.74) is 3.79. The van der Waals surface area contributed by atoms with E-state index < -0.39 is 5.97 Å². The van der Waals surface area contributed by atoms with E-state index in [1.807, 2.05) is 6.07 Å². The summed E-state index contributed by atoms with van der Waals surface area (Å²) >= 11 is 0. The second-order valence-corrected chi connectivity index (χ2v) is 6.74. The summed E-state index contributed by atoms with van der Waals surface area (Å²) in [7, 11) is 1.50. The molecule has 1 amide bonds. The normalized spacial score (nSPS) is 14.6. The van der Waals surface area contributed by atoms with Gasteiger partial charge in [0.05, 0.1) is 18.9 Å². The third-order valence-corrected chi connectivity index (χ3v) is 4.76. The van der Waals surface area contributed by atoms with Crippen molar-refractivity contribution in [3.05, 3.63) is 59.7 Å². The minimum Gasteiger partial charge on any atom is -0.493 e. The molecule has 1 fully saturated rings. The SMILES string of the molecule is COc1cc(C=NNC(=O)C2CCCCC2)ccc1OC(=O)c1ccccc1. The summed E-state index contributed by atoms with van der Waals surface area (Å²) in [5, 5.41) is 4.04. The lowest BCUT2D eigenvalue weighted by Gasteiger charge is -2.19. The quantitative estimate of drug-likeness (QED) is 0.356. The van der Waals surface area contributed by atoms with Gasteiger partial charge < -0.3 is 9.47 Å². The van der Waals surface area contributed by atoms with E-state index in [0.29, 0.717) is 17.1 Å². The smallest absolute Gasteiger partial charge is 0.343 e. The zero-order valence-corrected chi connectivity index (χ0v) is 15.9. The topological polar surface area (TPSA) is 77.0 Å². The van der Waals surface area contributed by atoms with Crippen molar-refractivity contribution in [2.45, 2.75) is 32.1 Å². The molecule has 0 aliphatic heterocycles. The maximum absolute atomic E-state index is 12.2. The summed E-state index contributed by atoms with van der Waals surface area (Å²) in [6, 6.07) is 13.8. The zero-order chi connectivity index (χ0) is 19.8. The Morgan fingerprint density at radius 1 is 1.04 bits per heavy atom. The molecule has 3 rings (SSSR count). The van der Waals surface area contributed by atoms with Crippen LogP contribution in [0.25, 0.3) is 0 Å². The number of hydrazone groups is 1. The highest BCUT2D eigenvalue weighted by atomic mass is 16.6. The number of carbonyl (C=O) groups excluding carboxylic acids is 2. The van der Waals surface area contributed by atoms with Gasteiger partial charge in [0, 0.05) is 5.92 Å². The van der Waals surface area contributed by atoms with Crippen LogP contribution < -0.4 is 14.9 Å². The van der Waals surface area contributed by atoms with E-state index in [-0.39, 0.29) is 11.8 Å². The lowest BCUT2D eigenvalue weighted by atomic mass is 9.89. The second-order valence-electron chi connectivity index (χ2n) is 6.74. The van der Waals surface area contributed by atoms with E-state index in [4.69, 9.17) is 9.47 Å². The van der Waals surface area contributed by atoms with Crippen LogP contribution in [0.4, 0.5) is 0 Å². The number of ether oxygens (including phenoxy) is 2. The standard InChI is InChI=1S/C22H24N2O4/c1-27-20-14-16(15-23-24-21(25)17-8-4-2-5-9-17)12-13-19(20)28-22(26)18-10-6-3-7-11-18/h3,6-7,10-15,17H,2,4-5,8-9H2,1H3,(H,24,25). The summed E-state index contributed by atoms with van der Waals surface area (Å²) in [5.74, 6) is 0.295. The first-order valence-electron chi connectivity index (χ1n) is 9.45. The van der Waals surface area contributed by atoms with Crippen molar-refractivity contribution in [3.63, 3.8) is 0 Å². The molecule has 1 aliphatic rings. The Bertz CT molecular complexity index is 843. The molecule has 0 bridgehead atoms. The van der Waals surface area contributed by atoms with Gasteiger partial charge in [-0.25, -0.2) is 10.2 Å². The van der Waals surface area contributed by atoms with Gasteiger partial charge in [-0.1, -0.05) is 37.5 Å². The number of nitrogens with one attached hydrogen (secondary N) is 1. The molecule has 6 nitrogen and oxygen atoms in total.